The molecule has 0 heterocycles. The summed E-state index contributed by atoms with van der Waals surface area (Å²) in [5.74, 6) is 0.582. The Hall–Kier alpha value is -1.66. The fourth-order valence-electron chi connectivity index (χ4n) is 1.94. The lowest BCUT2D eigenvalue weighted by Gasteiger charge is -2.10. The van der Waals surface area contributed by atoms with Gasteiger partial charge in [0.2, 0.25) is 0 Å². The van der Waals surface area contributed by atoms with Gasteiger partial charge in [-0.1, -0.05) is 40.2 Å². The van der Waals surface area contributed by atoms with E-state index in [9.17, 15) is 13.2 Å². The van der Waals surface area contributed by atoms with E-state index in [1.54, 1.807) is 31.4 Å². The summed E-state index contributed by atoms with van der Waals surface area (Å²) in [6, 6.07) is 13.1. The summed E-state index contributed by atoms with van der Waals surface area (Å²) in [6.45, 7) is 0. The Bertz CT molecular complexity index is 765. The molecule has 2 rings (SSSR count). The molecule has 0 N–H and O–H groups in total. The minimum absolute atomic E-state index is 0.134. The third-order valence-corrected chi connectivity index (χ3v) is 5.28. The number of alkyl halides is 1. The highest BCUT2D eigenvalue weighted by Crippen LogP contribution is 2.28. The Morgan fingerprint density at radius 1 is 1.05 bits per heavy atom. The molecular weight excluding hydrogens is 368 g/mol. The molecule has 0 aliphatic heterocycles. The maximum atomic E-state index is 12.4. The van der Waals surface area contributed by atoms with Crippen LogP contribution in [0.25, 0.3) is 0 Å². The Morgan fingerprint density at radius 2 is 1.59 bits per heavy atom. The first-order valence-corrected chi connectivity index (χ1v) is 9.26. The van der Waals surface area contributed by atoms with E-state index >= 15 is 0 Å². The number of methoxy groups -OCH3 is 1. The van der Waals surface area contributed by atoms with Crippen molar-refractivity contribution in [2.24, 2.45) is 0 Å². The zero-order valence-corrected chi connectivity index (χ0v) is 14.5. The summed E-state index contributed by atoms with van der Waals surface area (Å²) < 4.78 is 27.9. The molecular formula is C16H15BrO4S. The maximum absolute atomic E-state index is 12.4. The van der Waals surface area contributed by atoms with Crippen LogP contribution < -0.4 is 4.74 Å². The second-order valence-electron chi connectivity index (χ2n) is 4.80. The molecule has 0 saturated heterocycles. The first-order valence-electron chi connectivity index (χ1n) is 6.45. The fourth-order valence-corrected chi connectivity index (χ4v) is 3.14. The summed E-state index contributed by atoms with van der Waals surface area (Å²) in [6.07, 6.45) is 1.13. The van der Waals surface area contributed by atoms with Gasteiger partial charge in [-0.25, -0.2) is 8.42 Å². The van der Waals surface area contributed by atoms with Crippen LogP contribution in [0.4, 0.5) is 0 Å². The van der Waals surface area contributed by atoms with Gasteiger partial charge in [-0.05, 0) is 29.8 Å². The summed E-state index contributed by atoms with van der Waals surface area (Å²) in [7, 11) is -1.68. The highest BCUT2D eigenvalue weighted by atomic mass is 79.9. The number of ether oxygens (including phenoxy) is 1. The van der Waals surface area contributed by atoms with E-state index in [4.69, 9.17) is 4.74 Å². The van der Waals surface area contributed by atoms with Crippen molar-refractivity contribution >= 4 is 31.6 Å². The van der Waals surface area contributed by atoms with Gasteiger partial charge >= 0.3 is 0 Å². The number of carbonyl (C=O) groups is 1. The summed E-state index contributed by atoms with van der Waals surface area (Å²) in [5.41, 5.74) is 1.25. The number of ketones is 1. The topological polar surface area (TPSA) is 60.4 Å². The van der Waals surface area contributed by atoms with Crippen molar-refractivity contribution in [3.63, 3.8) is 0 Å². The Morgan fingerprint density at radius 3 is 2.05 bits per heavy atom. The van der Waals surface area contributed by atoms with E-state index in [-0.39, 0.29) is 10.7 Å². The molecule has 0 radical (unpaired) electrons. The number of sulfone groups is 1. The zero-order valence-electron chi connectivity index (χ0n) is 12.1. The number of Topliss-reactive ketones (excluding diaryl/α,β-unsaturated/α-hetero) is 1. The number of halogens is 1. The number of benzene rings is 2. The number of hydrogen-bond acceptors (Lipinski definition) is 4. The first kappa shape index (κ1) is 16.7. The van der Waals surface area contributed by atoms with Gasteiger partial charge in [0.25, 0.3) is 0 Å². The molecule has 1 atom stereocenters. The zero-order chi connectivity index (χ0) is 16.3. The van der Waals surface area contributed by atoms with E-state index in [1.165, 1.54) is 24.3 Å². The van der Waals surface area contributed by atoms with Crippen molar-refractivity contribution in [3.8, 4) is 5.75 Å². The van der Waals surface area contributed by atoms with Crippen molar-refractivity contribution in [2.75, 3.05) is 13.4 Å². The standard InChI is InChI=1S/C16H15BrO4S/c1-21-13-7-3-11(4-8-13)15(17)16(18)12-5-9-14(10-6-12)22(2,19)20/h3-10,15H,1-2H3. The molecule has 0 bridgehead atoms. The Labute approximate surface area is 138 Å². The van der Waals surface area contributed by atoms with Gasteiger partial charge in [0.15, 0.2) is 15.6 Å². The molecule has 0 saturated carbocycles. The van der Waals surface area contributed by atoms with Crippen molar-refractivity contribution in [3.05, 3.63) is 59.7 Å². The van der Waals surface area contributed by atoms with Crippen LogP contribution in [0, 0.1) is 0 Å². The lowest BCUT2D eigenvalue weighted by molar-refractivity contribution is 0.0991. The molecule has 0 spiro atoms. The van der Waals surface area contributed by atoms with Gasteiger partial charge in [-0.15, -0.1) is 0 Å². The molecule has 0 fully saturated rings. The molecule has 0 aliphatic rings. The summed E-state index contributed by atoms with van der Waals surface area (Å²) >= 11 is 3.38. The molecule has 0 amide bonds. The monoisotopic (exact) mass is 382 g/mol. The minimum Gasteiger partial charge on any atom is -0.497 e. The van der Waals surface area contributed by atoms with Crippen LogP contribution in [-0.4, -0.2) is 27.6 Å². The second kappa shape index (κ2) is 6.62. The van der Waals surface area contributed by atoms with E-state index in [0.717, 1.165) is 11.8 Å². The van der Waals surface area contributed by atoms with E-state index in [2.05, 4.69) is 15.9 Å². The van der Waals surface area contributed by atoms with Crippen LogP contribution in [0.3, 0.4) is 0 Å². The molecule has 6 heteroatoms. The SMILES string of the molecule is COc1ccc(C(Br)C(=O)c2ccc(S(C)(=O)=O)cc2)cc1. The molecule has 2 aromatic carbocycles. The van der Waals surface area contributed by atoms with Crippen molar-refractivity contribution in [1.82, 2.24) is 0 Å². The minimum atomic E-state index is -3.26. The predicted octanol–water partition coefficient (Wildman–Crippen LogP) is 3.42. The molecule has 2 aromatic rings. The van der Waals surface area contributed by atoms with Crippen LogP contribution in [-0.2, 0) is 9.84 Å². The molecule has 22 heavy (non-hydrogen) atoms. The number of rotatable bonds is 5. The van der Waals surface area contributed by atoms with Crippen molar-refractivity contribution in [1.29, 1.82) is 0 Å². The average molecular weight is 383 g/mol. The average Bonchev–Trinajstić information content (AvgIpc) is 2.53. The van der Waals surface area contributed by atoms with Gasteiger partial charge < -0.3 is 4.74 Å². The predicted molar refractivity (Wildman–Crippen MR) is 88.5 cm³/mol. The largest absolute Gasteiger partial charge is 0.497 e. The van der Waals surface area contributed by atoms with Gasteiger partial charge in [0.05, 0.1) is 12.0 Å². The second-order valence-corrected chi connectivity index (χ2v) is 7.73. The van der Waals surface area contributed by atoms with Crippen LogP contribution in [0.2, 0.25) is 0 Å². The molecule has 116 valence electrons. The molecule has 0 aliphatic carbocycles. The quantitative estimate of drug-likeness (QED) is 0.587. The maximum Gasteiger partial charge on any atom is 0.180 e. The summed E-state index contributed by atoms with van der Waals surface area (Å²) in [5, 5.41) is 0. The smallest absolute Gasteiger partial charge is 0.180 e. The summed E-state index contributed by atoms with van der Waals surface area (Å²) in [4.78, 5) is 12.1. The molecule has 4 nitrogen and oxygen atoms in total. The molecule has 0 aromatic heterocycles. The third-order valence-electron chi connectivity index (χ3n) is 3.21. The Balaban J connectivity index is 2.22. The highest BCUT2D eigenvalue weighted by molar-refractivity contribution is 9.09. The van der Waals surface area contributed by atoms with E-state index in [0.29, 0.717) is 11.3 Å². The number of carbonyl (C=O) groups excluding carboxylic acids is 1. The van der Waals surface area contributed by atoms with Gasteiger partial charge in [0, 0.05) is 11.8 Å². The van der Waals surface area contributed by atoms with Gasteiger partial charge in [0.1, 0.15) is 10.6 Å². The van der Waals surface area contributed by atoms with Gasteiger partial charge in [-0.2, -0.15) is 0 Å². The lowest BCUT2D eigenvalue weighted by Crippen LogP contribution is -2.07. The van der Waals surface area contributed by atoms with E-state index in [1.807, 2.05) is 0 Å². The molecule has 1 unspecified atom stereocenters. The Kier molecular flexibility index (Phi) is 5.03. The fraction of sp³-hybridized carbons (Fsp3) is 0.188. The number of hydrogen-bond donors (Lipinski definition) is 0. The van der Waals surface area contributed by atoms with Crippen molar-refractivity contribution in [2.45, 2.75) is 9.72 Å². The third kappa shape index (κ3) is 3.75. The first-order chi connectivity index (χ1) is 10.3. The van der Waals surface area contributed by atoms with Gasteiger partial charge in [-0.3, -0.25) is 4.79 Å². The van der Waals surface area contributed by atoms with Crippen LogP contribution in [0.15, 0.2) is 53.4 Å². The lowest BCUT2D eigenvalue weighted by atomic mass is 10.0. The van der Waals surface area contributed by atoms with Crippen LogP contribution in [0.5, 0.6) is 5.75 Å². The highest BCUT2D eigenvalue weighted by Gasteiger charge is 2.19. The van der Waals surface area contributed by atoms with Crippen molar-refractivity contribution < 1.29 is 17.9 Å². The van der Waals surface area contributed by atoms with Crippen LogP contribution >= 0.6 is 15.9 Å². The normalized spacial score (nSPS) is 12.7. The van der Waals surface area contributed by atoms with E-state index < -0.39 is 14.7 Å². The van der Waals surface area contributed by atoms with Crippen LogP contribution in [0.1, 0.15) is 20.7 Å².